The van der Waals surface area contributed by atoms with Crippen molar-refractivity contribution in [2.75, 3.05) is 0 Å². The monoisotopic (exact) mass is 229 g/mol. The molecule has 0 fully saturated rings. The smallest absolute Gasteiger partial charge is 0.320 e. The largest absolute Gasteiger partial charge is 0.480 e. The number of rotatable bonds is 3. The first-order valence-corrected chi connectivity index (χ1v) is 4.56. The Hall–Kier alpha value is -1.06. The minimum atomic E-state index is -0.951. The molecule has 0 spiro atoms. The normalized spacial score (nSPS) is 11.7. The first-order chi connectivity index (χ1) is 6.52. The summed E-state index contributed by atoms with van der Waals surface area (Å²) in [5, 5.41) is 8.70. The molecule has 0 amide bonds. The Balaban J connectivity index is 0.00000196. The number of hydrogen-bond acceptors (Lipinski definition) is 2. The second-order valence-corrected chi connectivity index (χ2v) is 3.52. The Labute approximate surface area is 95.7 Å². The predicted octanol–water partition coefficient (Wildman–Crippen LogP) is 1.68. The molecular formula is C11H16ClNO2. The molecule has 0 aliphatic rings. The average Bonchev–Trinajstić information content (AvgIpc) is 2.11. The van der Waals surface area contributed by atoms with E-state index in [9.17, 15) is 4.79 Å². The lowest BCUT2D eigenvalue weighted by Crippen LogP contribution is -2.32. The van der Waals surface area contributed by atoms with E-state index in [0.29, 0.717) is 6.42 Å². The lowest BCUT2D eigenvalue weighted by molar-refractivity contribution is -0.138. The molecule has 0 saturated carbocycles. The van der Waals surface area contributed by atoms with Gasteiger partial charge in [0.1, 0.15) is 6.04 Å². The number of carboxylic acid groups (broad SMARTS) is 1. The van der Waals surface area contributed by atoms with Gasteiger partial charge >= 0.3 is 5.97 Å². The average molecular weight is 230 g/mol. The Morgan fingerprint density at radius 1 is 1.40 bits per heavy atom. The number of halogens is 1. The summed E-state index contributed by atoms with van der Waals surface area (Å²) in [6, 6.07) is 5.09. The SMILES string of the molecule is Cc1cccc(C)c1C[C@@H](N)C(=O)O.Cl. The summed E-state index contributed by atoms with van der Waals surface area (Å²) in [5.74, 6) is -0.951. The maximum atomic E-state index is 10.6. The molecule has 1 aromatic carbocycles. The van der Waals surface area contributed by atoms with Gasteiger partial charge in [0.15, 0.2) is 0 Å². The van der Waals surface area contributed by atoms with Crippen LogP contribution < -0.4 is 5.73 Å². The summed E-state index contributed by atoms with van der Waals surface area (Å²) >= 11 is 0. The third-order valence-electron chi connectivity index (χ3n) is 2.39. The molecule has 0 aliphatic carbocycles. The Kier molecular flexibility index (Phi) is 5.33. The summed E-state index contributed by atoms with van der Waals surface area (Å²) in [4.78, 5) is 10.6. The van der Waals surface area contributed by atoms with Crippen LogP contribution in [0.1, 0.15) is 16.7 Å². The Bertz CT molecular complexity index is 332. The molecule has 1 rings (SSSR count). The van der Waals surface area contributed by atoms with Crippen molar-refractivity contribution in [1.82, 2.24) is 0 Å². The van der Waals surface area contributed by atoms with Crippen molar-refractivity contribution in [3.05, 3.63) is 34.9 Å². The molecule has 0 bridgehead atoms. The zero-order chi connectivity index (χ0) is 10.7. The van der Waals surface area contributed by atoms with Gasteiger partial charge in [-0.25, -0.2) is 0 Å². The zero-order valence-corrected chi connectivity index (χ0v) is 9.67. The van der Waals surface area contributed by atoms with Gasteiger partial charge in [-0.3, -0.25) is 4.79 Å². The highest BCUT2D eigenvalue weighted by Gasteiger charge is 2.14. The van der Waals surface area contributed by atoms with E-state index in [4.69, 9.17) is 10.8 Å². The standard InChI is InChI=1S/C11H15NO2.ClH/c1-7-4-3-5-8(2)9(7)6-10(12)11(13)14;/h3-5,10H,6,12H2,1-2H3,(H,13,14);1H/t10-;/m1./s1. The van der Waals surface area contributed by atoms with Crippen molar-refractivity contribution in [2.45, 2.75) is 26.3 Å². The van der Waals surface area contributed by atoms with Crippen molar-refractivity contribution in [1.29, 1.82) is 0 Å². The quantitative estimate of drug-likeness (QED) is 0.829. The van der Waals surface area contributed by atoms with E-state index < -0.39 is 12.0 Å². The number of carboxylic acids is 1. The topological polar surface area (TPSA) is 63.3 Å². The molecule has 3 nitrogen and oxygen atoms in total. The van der Waals surface area contributed by atoms with Crippen LogP contribution in [0.2, 0.25) is 0 Å². The van der Waals surface area contributed by atoms with Crippen LogP contribution in [0.5, 0.6) is 0 Å². The number of carbonyl (C=O) groups is 1. The molecule has 0 heterocycles. The van der Waals surface area contributed by atoms with E-state index in [2.05, 4.69) is 0 Å². The number of aliphatic carboxylic acids is 1. The van der Waals surface area contributed by atoms with E-state index in [-0.39, 0.29) is 12.4 Å². The van der Waals surface area contributed by atoms with Gasteiger partial charge in [-0.2, -0.15) is 0 Å². The van der Waals surface area contributed by atoms with Crippen molar-refractivity contribution in [3.63, 3.8) is 0 Å². The molecule has 4 heteroatoms. The first kappa shape index (κ1) is 13.9. The molecule has 0 aromatic heterocycles. The maximum absolute atomic E-state index is 10.6. The van der Waals surface area contributed by atoms with E-state index in [1.165, 1.54) is 0 Å². The molecule has 15 heavy (non-hydrogen) atoms. The second kappa shape index (κ2) is 5.73. The van der Waals surface area contributed by atoms with Crippen molar-refractivity contribution in [2.24, 2.45) is 5.73 Å². The Morgan fingerprint density at radius 2 is 1.87 bits per heavy atom. The minimum Gasteiger partial charge on any atom is -0.480 e. The predicted molar refractivity (Wildman–Crippen MR) is 62.5 cm³/mol. The lowest BCUT2D eigenvalue weighted by atomic mass is 9.97. The van der Waals surface area contributed by atoms with Gasteiger partial charge in [0.25, 0.3) is 0 Å². The summed E-state index contributed by atoms with van der Waals surface area (Å²) in [6.45, 7) is 3.94. The minimum absolute atomic E-state index is 0. The van der Waals surface area contributed by atoms with Gasteiger partial charge in [-0.1, -0.05) is 18.2 Å². The van der Waals surface area contributed by atoms with Gasteiger partial charge in [0.2, 0.25) is 0 Å². The number of nitrogens with two attached hydrogens (primary N) is 1. The zero-order valence-electron chi connectivity index (χ0n) is 8.86. The van der Waals surface area contributed by atoms with E-state index in [0.717, 1.165) is 16.7 Å². The van der Waals surface area contributed by atoms with Gasteiger partial charge < -0.3 is 10.8 Å². The van der Waals surface area contributed by atoms with Crippen molar-refractivity contribution >= 4 is 18.4 Å². The molecular weight excluding hydrogens is 214 g/mol. The van der Waals surface area contributed by atoms with E-state index in [1.54, 1.807) is 0 Å². The fraction of sp³-hybridized carbons (Fsp3) is 0.364. The number of benzene rings is 1. The van der Waals surface area contributed by atoms with E-state index in [1.807, 2.05) is 32.0 Å². The summed E-state index contributed by atoms with van der Waals surface area (Å²) in [6.07, 6.45) is 0.397. The third kappa shape index (κ3) is 3.53. The molecule has 0 aliphatic heterocycles. The van der Waals surface area contributed by atoms with Crippen LogP contribution in [-0.2, 0) is 11.2 Å². The summed E-state index contributed by atoms with van der Waals surface area (Å²) < 4.78 is 0. The van der Waals surface area contributed by atoms with Crippen LogP contribution in [0.25, 0.3) is 0 Å². The lowest BCUT2D eigenvalue weighted by Gasteiger charge is -2.11. The highest BCUT2D eigenvalue weighted by Crippen LogP contribution is 2.14. The summed E-state index contributed by atoms with van der Waals surface area (Å²) in [7, 11) is 0. The second-order valence-electron chi connectivity index (χ2n) is 3.52. The highest BCUT2D eigenvalue weighted by atomic mass is 35.5. The molecule has 0 unspecified atom stereocenters. The van der Waals surface area contributed by atoms with E-state index >= 15 is 0 Å². The van der Waals surface area contributed by atoms with Gasteiger partial charge in [-0.15, -0.1) is 12.4 Å². The maximum Gasteiger partial charge on any atom is 0.320 e. The third-order valence-corrected chi connectivity index (χ3v) is 2.39. The van der Waals surface area contributed by atoms with Crippen LogP contribution in [0, 0.1) is 13.8 Å². The number of aryl methyl sites for hydroxylation is 2. The van der Waals surface area contributed by atoms with Crippen LogP contribution in [-0.4, -0.2) is 17.1 Å². The Morgan fingerprint density at radius 3 is 2.27 bits per heavy atom. The van der Waals surface area contributed by atoms with Gasteiger partial charge in [-0.05, 0) is 37.0 Å². The van der Waals surface area contributed by atoms with Crippen LogP contribution in [0.4, 0.5) is 0 Å². The molecule has 1 aromatic rings. The van der Waals surface area contributed by atoms with Crippen molar-refractivity contribution in [3.8, 4) is 0 Å². The molecule has 0 radical (unpaired) electrons. The number of hydrogen-bond donors (Lipinski definition) is 2. The van der Waals surface area contributed by atoms with Crippen LogP contribution in [0.3, 0.4) is 0 Å². The fourth-order valence-electron chi connectivity index (χ4n) is 1.48. The molecule has 1 atom stereocenters. The van der Waals surface area contributed by atoms with Crippen molar-refractivity contribution < 1.29 is 9.90 Å². The highest BCUT2D eigenvalue weighted by molar-refractivity contribution is 5.85. The first-order valence-electron chi connectivity index (χ1n) is 4.56. The van der Waals surface area contributed by atoms with Crippen LogP contribution in [0.15, 0.2) is 18.2 Å². The molecule has 3 N–H and O–H groups in total. The van der Waals surface area contributed by atoms with Gasteiger partial charge in [0.05, 0.1) is 0 Å². The van der Waals surface area contributed by atoms with Gasteiger partial charge in [0, 0.05) is 0 Å². The fourth-order valence-corrected chi connectivity index (χ4v) is 1.48. The van der Waals surface area contributed by atoms with Crippen LogP contribution >= 0.6 is 12.4 Å². The molecule has 84 valence electrons. The summed E-state index contributed by atoms with van der Waals surface area (Å²) in [5.41, 5.74) is 8.73. The molecule has 0 saturated heterocycles.